The Balaban J connectivity index is 1.57. The molecule has 0 saturated carbocycles. The molecule has 5 amide bonds. The lowest BCUT2D eigenvalue weighted by Gasteiger charge is -2.30. The van der Waals surface area contributed by atoms with Gasteiger partial charge in [-0.3, -0.25) is 14.5 Å². The lowest BCUT2D eigenvalue weighted by molar-refractivity contribution is 0.0204. The van der Waals surface area contributed by atoms with Crippen LogP contribution in [0.2, 0.25) is 0 Å². The van der Waals surface area contributed by atoms with Gasteiger partial charge in [0.05, 0.1) is 0 Å². The molecule has 0 radical (unpaired) electrons. The monoisotopic (exact) mass is 696 g/mol. The maximum atomic E-state index is 13.4. The molecule has 2 aromatic carbocycles. The summed E-state index contributed by atoms with van der Waals surface area (Å²) in [5, 5.41) is 4.26. The summed E-state index contributed by atoms with van der Waals surface area (Å²) in [4.78, 5) is 69.4. The maximum Gasteiger partial charge on any atom is 0.410 e. The zero-order valence-electron chi connectivity index (χ0n) is 31.3. The molecular weight excluding hydrogens is 640 g/mol. The molecule has 50 heavy (non-hydrogen) atoms. The molecule has 1 heterocycles. The first-order valence-electron chi connectivity index (χ1n) is 17.6. The van der Waals surface area contributed by atoms with E-state index in [1.54, 1.807) is 63.5 Å². The van der Waals surface area contributed by atoms with E-state index in [9.17, 15) is 24.0 Å². The predicted molar refractivity (Wildman–Crippen MR) is 192 cm³/mol. The Kier molecular flexibility index (Phi) is 13.7. The van der Waals surface area contributed by atoms with Crippen LogP contribution in [0.4, 0.5) is 14.4 Å². The highest BCUT2D eigenvalue weighted by molar-refractivity contribution is 6.25. The van der Waals surface area contributed by atoms with E-state index in [4.69, 9.17) is 14.2 Å². The number of rotatable bonds is 14. The fourth-order valence-electron chi connectivity index (χ4n) is 5.48. The largest absolute Gasteiger partial charge is 0.444 e. The Bertz CT molecular complexity index is 1470. The van der Waals surface area contributed by atoms with Crippen LogP contribution >= 0.6 is 0 Å². The molecule has 0 saturated heterocycles. The highest BCUT2D eigenvalue weighted by Crippen LogP contribution is 2.30. The van der Waals surface area contributed by atoms with E-state index in [0.717, 1.165) is 5.39 Å². The fourth-order valence-corrected chi connectivity index (χ4v) is 5.48. The minimum atomic E-state index is -0.706. The standard InChI is InChI=1S/C38H56N4O8/c1-36(2,3)48-33(45)39-21-10-11-22-40(34(46)49-37(4,5)6)23-12-13-24-41(35(47)50-38(7,8)9)25-16-26-42-31(43)28-19-14-17-27-18-15-20-29(30(27)28)32(42)44/h14-15,17-20H,10-13,16,21-26H2,1-9H3,(H,39,45). The Morgan fingerprint density at radius 2 is 1.04 bits per heavy atom. The van der Waals surface area contributed by atoms with Crippen molar-refractivity contribution in [3.8, 4) is 0 Å². The van der Waals surface area contributed by atoms with Gasteiger partial charge in [-0.15, -0.1) is 0 Å². The Morgan fingerprint density at radius 3 is 1.48 bits per heavy atom. The van der Waals surface area contributed by atoms with Gasteiger partial charge < -0.3 is 29.3 Å². The number of carbonyl (C=O) groups is 5. The Labute approximate surface area is 296 Å². The van der Waals surface area contributed by atoms with E-state index >= 15 is 0 Å². The van der Waals surface area contributed by atoms with E-state index < -0.39 is 35.1 Å². The summed E-state index contributed by atoms with van der Waals surface area (Å²) in [6.45, 7) is 18.3. The molecule has 0 unspecified atom stereocenters. The predicted octanol–water partition coefficient (Wildman–Crippen LogP) is 7.39. The van der Waals surface area contributed by atoms with Gasteiger partial charge in [0.25, 0.3) is 11.8 Å². The molecule has 1 aliphatic rings. The summed E-state index contributed by atoms with van der Waals surface area (Å²) in [6.07, 6.45) is 1.46. The van der Waals surface area contributed by atoms with E-state index in [2.05, 4.69) is 5.32 Å². The number of nitrogens with one attached hydrogen (secondary N) is 1. The van der Waals surface area contributed by atoms with Crippen molar-refractivity contribution < 1.29 is 38.2 Å². The number of benzene rings is 2. The number of nitrogens with zero attached hydrogens (tertiary/aromatic N) is 3. The summed E-state index contributed by atoms with van der Waals surface area (Å²) in [6, 6.07) is 10.9. The van der Waals surface area contributed by atoms with E-state index in [0.29, 0.717) is 74.8 Å². The van der Waals surface area contributed by atoms with E-state index in [-0.39, 0.29) is 24.9 Å². The van der Waals surface area contributed by atoms with Crippen molar-refractivity contribution in [3.63, 3.8) is 0 Å². The van der Waals surface area contributed by atoms with Gasteiger partial charge >= 0.3 is 18.3 Å². The first-order valence-corrected chi connectivity index (χ1v) is 17.6. The second kappa shape index (κ2) is 17.0. The summed E-state index contributed by atoms with van der Waals surface area (Å²) in [7, 11) is 0. The van der Waals surface area contributed by atoms with Crippen molar-refractivity contribution >= 4 is 40.9 Å². The molecule has 276 valence electrons. The first-order chi connectivity index (χ1) is 23.3. The highest BCUT2D eigenvalue weighted by Gasteiger charge is 2.33. The van der Waals surface area contributed by atoms with Crippen LogP contribution < -0.4 is 5.32 Å². The van der Waals surface area contributed by atoms with Crippen LogP contribution in [-0.2, 0) is 14.2 Å². The number of amides is 5. The van der Waals surface area contributed by atoms with Crippen LogP contribution in [0.25, 0.3) is 10.8 Å². The second-order valence-corrected chi connectivity index (χ2v) is 15.6. The highest BCUT2D eigenvalue weighted by atomic mass is 16.6. The molecule has 0 fully saturated rings. The fraction of sp³-hybridized carbons (Fsp3) is 0.605. The van der Waals surface area contributed by atoms with Crippen LogP contribution in [0, 0.1) is 0 Å². The lowest BCUT2D eigenvalue weighted by Crippen LogP contribution is -2.43. The van der Waals surface area contributed by atoms with Crippen molar-refractivity contribution in [2.24, 2.45) is 0 Å². The quantitative estimate of drug-likeness (QED) is 0.123. The number of hydrogen-bond donors (Lipinski definition) is 1. The molecule has 1 N–H and O–H groups in total. The van der Waals surface area contributed by atoms with Crippen LogP contribution in [0.5, 0.6) is 0 Å². The molecule has 2 aromatic rings. The lowest BCUT2D eigenvalue weighted by atomic mass is 9.94. The summed E-state index contributed by atoms with van der Waals surface area (Å²) in [5.41, 5.74) is -0.953. The van der Waals surface area contributed by atoms with Crippen molar-refractivity contribution in [3.05, 3.63) is 47.5 Å². The Morgan fingerprint density at radius 1 is 0.620 bits per heavy atom. The minimum Gasteiger partial charge on any atom is -0.444 e. The van der Waals surface area contributed by atoms with Crippen LogP contribution in [0.15, 0.2) is 36.4 Å². The molecule has 12 nitrogen and oxygen atoms in total. The van der Waals surface area contributed by atoms with Gasteiger partial charge in [-0.05, 0) is 112 Å². The van der Waals surface area contributed by atoms with Gasteiger partial charge in [0.2, 0.25) is 0 Å². The summed E-state index contributed by atoms with van der Waals surface area (Å²) in [5.74, 6) is -0.683. The number of carbonyl (C=O) groups excluding carboxylic acids is 5. The maximum absolute atomic E-state index is 13.4. The molecule has 1 aliphatic heterocycles. The van der Waals surface area contributed by atoms with Gasteiger partial charge in [0.1, 0.15) is 16.8 Å². The summed E-state index contributed by atoms with van der Waals surface area (Å²) >= 11 is 0. The van der Waals surface area contributed by atoms with E-state index in [1.165, 1.54) is 4.90 Å². The van der Waals surface area contributed by atoms with Gasteiger partial charge in [-0.25, -0.2) is 14.4 Å². The third-order valence-corrected chi connectivity index (χ3v) is 7.60. The zero-order chi connectivity index (χ0) is 37.3. The Hall–Kier alpha value is -4.35. The van der Waals surface area contributed by atoms with Gasteiger partial charge in [-0.2, -0.15) is 0 Å². The third-order valence-electron chi connectivity index (χ3n) is 7.60. The van der Waals surface area contributed by atoms with E-state index in [1.807, 2.05) is 45.0 Å². The van der Waals surface area contributed by atoms with Crippen LogP contribution in [-0.4, -0.2) is 101 Å². The SMILES string of the molecule is CC(C)(C)OC(=O)NCCCCN(CCCCN(CCCN1C(=O)c2cccc3cccc(c23)C1=O)C(=O)OC(C)(C)C)C(=O)OC(C)(C)C. The molecule has 0 aromatic heterocycles. The average molecular weight is 697 g/mol. The minimum absolute atomic E-state index is 0.150. The van der Waals surface area contributed by atoms with Gasteiger partial charge in [0, 0.05) is 55.8 Å². The number of alkyl carbamates (subject to hydrolysis) is 1. The summed E-state index contributed by atoms with van der Waals surface area (Å²) < 4.78 is 16.6. The van der Waals surface area contributed by atoms with Gasteiger partial charge in [-0.1, -0.05) is 24.3 Å². The molecule has 0 bridgehead atoms. The first kappa shape index (κ1) is 40.1. The number of unbranched alkanes of at least 4 members (excludes halogenated alkanes) is 2. The van der Waals surface area contributed by atoms with Crippen molar-refractivity contribution in [1.29, 1.82) is 0 Å². The zero-order valence-corrected chi connectivity index (χ0v) is 31.3. The average Bonchev–Trinajstić information content (AvgIpc) is 2.98. The molecule has 12 heteroatoms. The van der Waals surface area contributed by atoms with Crippen LogP contribution in [0.1, 0.15) is 115 Å². The molecule has 0 atom stereocenters. The third kappa shape index (κ3) is 12.5. The van der Waals surface area contributed by atoms with Crippen molar-refractivity contribution in [1.82, 2.24) is 20.0 Å². The second-order valence-electron chi connectivity index (χ2n) is 15.6. The molecule has 0 aliphatic carbocycles. The smallest absolute Gasteiger partial charge is 0.410 e. The molecule has 3 rings (SSSR count). The number of imide groups is 1. The normalized spacial score (nSPS) is 13.3. The van der Waals surface area contributed by atoms with Crippen LogP contribution in [0.3, 0.4) is 0 Å². The molecular formula is C38H56N4O8. The van der Waals surface area contributed by atoms with Crippen molar-refractivity contribution in [2.45, 2.75) is 111 Å². The molecule has 0 spiro atoms. The van der Waals surface area contributed by atoms with Crippen molar-refractivity contribution in [2.75, 3.05) is 39.3 Å². The van der Waals surface area contributed by atoms with Gasteiger partial charge in [0.15, 0.2) is 0 Å². The topological polar surface area (TPSA) is 135 Å². The number of ether oxygens (including phenoxy) is 3. The number of hydrogen-bond acceptors (Lipinski definition) is 8.